The third kappa shape index (κ3) is 2.92. The number of amides is 1. The maximum atomic E-state index is 12.4. The molecule has 2 rings (SSSR count). The number of carboxylic acid groups (broad SMARTS) is 1. The van der Waals surface area contributed by atoms with Crippen LogP contribution in [0.15, 0.2) is 24.3 Å². The van der Waals surface area contributed by atoms with Crippen LogP contribution in [-0.2, 0) is 22.3 Å². The number of benzene rings is 1. The van der Waals surface area contributed by atoms with Crippen LogP contribution in [0.3, 0.4) is 0 Å². The lowest BCUT2D eigenvalue weighted by atomic mass is 10.1. The Hall–Kier alpha value is -2.05. The maximum Gasteiger partial charge on any atom is 0.416 e. The van der Waals surface area contributed by atoms with Gasteiger partial charge in [-0.2, -0.15) is 13.2 Å². The Morgan fingerprint density at radius 1 is 1.30 bits per heavy atom. The van der Waals surface area contributed by atoms with Crippen molar-refractivity contribution in [3.05, 3.63) is 35.4 Å². The number of halogens is 3. The van der Waals surface area contributed by atoms with Crippen LogP contribution in [0.5, 0.6) is 0 Å². The summed E-state index contributed by atoms with van der Waals surface area (Å²) in [6.07, 6.45) is -4.03. The number of carboxylic acids is 1. The molecule has 0 spiro atoms. The van der Waals surface area contributed by atoms with Crippen LogP contribution in [0.2, 0.25) is 0 Å². The summed E-state index contributed by atoms with van der Waals surface area (Å²) in [5, 5.41) is 8.99. The molecule has 1 atom stereocenters. The molecule has 0 saturated carbocycles. The molecule has 0 radical (unpaired) electrons. The highest BCUT2D eigenvalue weighted by molar-refractivity contribution is 5.87. The number of likely N-dealkylation sites (tertiary alicyclic amines) is 1. The number of rotatable bonds is 3. The Balaban J connectivity index is 2.13. The monoisotopic (exact) mass is 287 g/mol. The van der Waals surface area contributed by atoms with Gasteiger partial charge in [-0.05, 0) is 24.1 Å². The SMILES string of the molecule is O=C(O)[C@H]1CCC(=O)N1Cc1ccc(C(F)(F)F)cc1. The van der Waals surface area contributed by atoms with Gasteiger partial charge in [0.25, 0.3) is 0 Å². The molecule has 1 heterocycles. The minimum atomic E-state index is -4.41. The first-order chi connectivity index (χ1) is 9.29. The van der Waals surface area contributed by atoms with Crippen molar-refractivity contribution in [1.82, 2.24) is 4.90 Å². The summed E-state index contributed by atoms with van der Waals surface area (Å²) in [7, 11) is 0. The van der Waals surface area contributed by atoms with Gasteiger partial charge in [-0.1, -0.05) is 12.1 Å². The fourth-order valence-electron chi connectivity index (χ4n) is 2.18. The molecule has 4 nitrogen and oxygen atoms in total. The zero-order valence-electron chi connectivity index (χ0n) is 10.4. The van der Waals surface area contributed by atoms with Crippen LogP contribution in [-0.4, -0.2) is 27.9 Å². The third-order valence-electron chi connectivity index (χ3n) is 3.25. The Morgan fingerprint density at radius 3 is 2.40 bits per heavy atom. The van der Waals surface area contributed by atoms with E-state index in [0.29, 0.717) is 5.56 Å². The molecule has 1 aromatic rings. The van der Waals surface area contributed by atoms with Crippen molar-refractivity contribution >= 4 is 11.9 Å². The van der Waals surface area contributed by atoms with Gasteiger partial charge in [-0.3, -0.25) is 4.79 Å². The quantitative estimate of drug-likeness (QED) is 0.928. The fourth-order valence-corrected chi connectivity index (χ4v) is 2.18. The molecule has 1 aliphatic rings. The van der Waals surface area contributed by atoms with Crippen molar-refractivity contribution in [2.24, 2.45) is 0 Å². The largest absolute Gasteiger partial charge is 0.480 e. The normalized spacial score (nSPS) is 19.4. The molecule has 0 bridgehead atoms. The van der Waals surface area contributed by atoms with E-state index in [9.17, 15) is 22.8 Å². The van der Waals surface area contributed by atoms with Crippen molar-refractivity contribution < 1.29 is 27.9 Å². The van der Waals surface area contributed by atoms with Crippen molar-refractivity contribution in [2.45, 2.75) is 31.6 Å². The molecule has 1 aliphatic heterocycles. The molecular weight excluding hydrogens is 275 g/mol. The van der Waals surface area contributed by atoms with Crippen LogP contribution >= 0.6 is 0 Å². The van der Waals surface area contributed by atoms with E-state index in [0.717, 1.165) is 12.1 Å². The number of nitrogens with zero attached hydrogens (tertiary/aromatic N) is 1. The van der Waals surface area contributed by atoms with Crippen molar-refractivity contribution in [3.63, 3.8) is 0 Å². The topological polar surface area (TPSA) is 57.6 Å². The van der Waals surface area contributed by atoms with E-state index >= 15 is 0 Å². The molecule has 1 amide bonds. The number of aliphatic carboxylic acids is 1. The van der Waals surface area contributed by atoms with Gasteiger partial charge in [0, 0.05) is 13.0 Å². The number of carbonyl (C=O) groups is 2. The molecule has 108 valence electrons. The van der Waals surface area contributed by atoms with Gasteiger partial charge in [0.05, 0.1) is 5.56 Å². The van der Waals surface area contributed by atoms with E-state index in [2.05, 4.69) is 0 Å². The van der Waals surface area contributed by atoms with Crippen molar-refractivity contribution in [3.8, 4) is 0 Å². The lowest BCUT2D eigenvalue weighted by Gasteiger charge is -2.21. The molecule has 20 heavy (non-hydrogen) atoms. The molecule has 0 aromatic heterocycles. The van der Waals surface area contributed by atoms with Crippen LogP contribution in [0.25, 0.3) is 0 Å². The van der Waals surface area contributed by atoms with Gasteiger partial charge in [0.1, 0.15) is 6.04 Å². The van der Waals surface area contributed by atoms with E-state index in [1.165, 1.54) is 17.0 Å². The average molecular weight is 287 g/mol. The van der Waals surface area contributed by atoms with E-state index in [1.807, 2.05) is 0 Å². The second-order valence-electron chi connectivity index (χ2n) is 4.61. The molecule has 1 N–H and O–H groups in total. The van der Waals surface area contributed by atoms with E-state index in [4.69, 9.17) is 5.11 Å². The van der Waals surface area contributed by atoms with Gasteiger partial charge in [0.15, 0.2) is 0 Å². The highest BCUT2D eigenvalue weighted by Crippen LogP contribution is 2.29. The first-order valence-electron chi connectivity index (χ1n) is 5.97. The van der Waals surface area contributed by atoms with Crippen LogP contribution in [0.4, 0.5) is 13.2 Å². The summed E-state index contributed by atoms with van der Waals surface area (Å²) in [4.78, 5) is 23.8. The minimum Gasteiger partial charge on any atom is -0.480 e. The summed E-state index contributed by atoms with van der Waals surface area (Å²) in [5.41, 5.74) is -0.303. The molecule has 0 aliphatic carbocycles. The molecule has 1 fully saturated rings. The second kappa shape index (κ2) is 5.15. The molecule has 1 aromatic carbocycles. The van der Waals surface area contributed by atoms with Gasteiger partial charge in [-0.15, -0.1) is 0 Å². The zero-order chi connectivity index (χ0) is 14.9. The smallest absolute Gasteiger partial charge is 0.416 e. The van der Waals surface area contributed by atoms with E-state index in [-0.39, 0.29) is 25.3 Å². The van der Waals surface area contributed by atoms with Gasteiger partial charge >= 0.3 is 12.1 Å². The predicted octanol–water partition coefficient (Wildman–Crippen LogP) is 2.28. The predicted molar refractivity (Wildman–Crippen MR) is 62.7 cm³/mol. The Bertz CT molecular complexity index is 525. The highest BCUT2D eigenvalue weighted by atomic mass is 19.4. The third-order valence-corrected chi connectivity index (χ3v) is 3.25. The maximum absolute atomic E-state index is 12.4. The van der Waals surface area contributed by atoms with Gasteiger partial charge in [0.2, 0.25) is 5.91 Å². The first-order valence-corrected chi connectivity index (χ1v) is 5.97. The first kappa shape index (κ1) is 14.4. The van der Waals surface area contributed by atoms with Crippen LogP contribution in [0.1, 0.15) is 24.0 Å². The van der Waals surface area contributed by atoms with Gasteiger partial charge in [-0.25, -0.2) is 4.79 Å². The number of hydrogen-bond acceptors (Lipinski definition) is 2. The summed E-state index contributed by atoms with van der Waals surface area (Å²) < 4.78 is 37.2. The molecule has 0 unspecified atom stereocenters. The summed E-state index contributed by atoms with van der Waals surface area (Å²) >= 11 is 0. The van der Waals surface area contributed by atoms with Gasteiger partial charge < -0.3 is 10.0 Å². The Morgan fingerprint density at radius 2 is 1.90 bits per heavy atom. The fraction of sp³-hybridized carbons (Fsp3) is 0.385. The lowest BCUT2D eigenvalue weighted by molar-refractivity contribution is -0.146. The zero-order valence-corrected chi connectivity index (χ0v) is 10.4. The van der Waals surface area contributed by atoms with Crippen molar-refractivity contribution in [2.75, 3.05) is 0 Å². The number of hydrogen-bond donors (Lipinski definition) is 1. The highest BCUT2D eigenvalue weighted by Gasteiger charge is 2.36. The summed E-state index contributed by atoms with van der Waals surface area (Å²) in [6.45, 7) is 0.00787. The Labute approximate surface area is 112 Å². The standard InChI is InChI=1S/C13H12F3NO3/c14-13(15,16)9-3-1-8(2-4-9)7-17-10(12(19)20)5-6-11(17)18/h1-4,10H,5-7H2,(H,19,20)/t10-/m1/s1. The number of alkyl halides is 3. The van der Waals surface area contributed by atoms with E-state index in [1.54, 1.807) is 0 Å². The minimum absolute atomic E-state index is 0.00787. The molecular formula is C13H12F3NO3. The van der Waals surface area contributed by atoms with Crippen molar-refractivity contribution in [1.29, 1.82) is 0 Å². The molecule has 7 heteroatoms. The Kier molecular flexibility index (Phi) is 3.69. The van der Waals surface area contributed by atoms with E-state index < -0.39 is 23.8 Å². The number of carbonyl (C=O) groups excluding carboxylic acids is 1. The summed E-state index contributed by atoms with van der Waals surface area (Å²) in [5.74, 6) is -1.39. The average Bonchev–Trinajstić information content (AvgIpc) is 2.71. The lowest BCUT2D eigenvalue weighted by Crippen LogP contribution is -2.37. The molecule has 1 saturated heterocycles. The van der Waals surface area contributed by atoms with Crippen LogP contribution in [0, 0.1) is 0 Å². The summed E-state index contributed by atoms with van der Waals surface area (Å²) in [6, 6.07) is 3.46. The second-order valence-corrected chi connectivity index (χ2v) is 4.61. The van der Waals surface area contributed by atoms with Crippen LogP contribution < -0.4 is 0 Å².